The van der Waals surface area contributed by atoms with Crippen LogP contribution < -0.4 is 5.32 Å². The Bertz CT molecular complexity index is 522. The third-order valence-electron chi connectivity index (χ3n) is 4.11. The molecule has 0 amide bonds. The lowest BCUT2D eigenvalue weighted by molar-refractivity contribution is 0.381. The van der Waals surface area contributed by atoms with E-state index in [4.69, 9.17) is 0 Å². The largest absolute Gasteiger partial charge is 0.302 e. The van der Waals surface area contributed by atoms with E-state index in [-0.39, 0.29) is 0 Å². The third-order valence-corrected chi connectivity index (χ3v) is 4.11. The van der Waals surface area contributed by atoms with E-state index >= 15 is 0 Å². The average molecular weight is 221 g/mol. The summed E-state index contributed by atoms with van der Waals surface area (Å²) in [6, 6.07) is 18.8. The number of fused-ring (bicyclic) bond motifs is 6. The summed E-state index contributed by atoms with van der Waals surface area (Å²) >= 11 is 0. The van der Waals surface area contributed by atoms with Crippen LogP contribution in [0.4, 0.5) is 0 Å². The molecule has 2 unspecified atom stereocenters. The summed E-state index contributed by atoms with van der Waals surface area (Å²) in [5.41, 5.74) is 6.04. The molecule has 84 valence electrons. The average Bonchev–Trinajstić information content (AvgIpc) is 2.39. The van der Waals surface area contributed by atoms with Crippen LogP contribution >= 0.6 is 0 Å². The highest BCUT2D eigenvalue weighted by molar-refractivity contribution is 5.43. The van der Waals surface area contributed by atoms with Crippen molar-refractivity contribution in [2.45, 2.75) is 24.9 Å². The molecule has 0 radical (unpaired) electrons. The van der Waals surface area contributed by atoms with Crippen molar-refractivity contribution in [2.24, 2.45) is 0 Å². The van der Waals surface area contributed by atoms with Gasteiger partial charge in [0.2, 0.25) is 0 Å². The minimum absolute atomic E-state index is 0.514. The van der Waals surface area contributed by atoms with Gasteiger partial charge in [-0.25, -0.2) is 0 Å². The SMILES string of the molecule is c1ccc2c(c1)CC1NC2Cc2ccccc21. The van der Waals surface area contributed by atoms with Crippen molar-refractivity contribution < 1.29 is 0 Å². The maximum Gasteiger partial charge on any atom is 0.0369 e. The van der Waals surface area contributed by atoms with E-state index in [1.807, 2.05) is 0 Å². The van der Waals surface area contributed by atoms with E-state index in [2.05, 4.69) is 53.8 Å². The molecule has 2 atom stereocenters. The Balaban J connectivity index is 1.86. The molecule has 2 aliphatic rings. The zero-order chi connectivity index (χ0) is 11.2. The fraction of sp³-hybridized carbons (Fsp3) is 0.250. The fourth-order valence-corrected chi connectivity index (χ4v) is 3.32. The summed E-state index contributed by atoms with van der Waals surface area (Å²) < 4.78 is 0. The molecule has 1 N–H and O–H groups in total. The third kappa shape index (κ3) is 1.36. The molecule has 2 aliphatic heterocycles. The Kier molecular flexibility index (Phi) is 1.91. The molecule has 1 heteroatoms. The highest BCUT2D eigenvalue weighted by Gasteiger charge is 2.32. The van der Waals surface area contributed by atoms with E-state index in [9.17, 15) is 0 Å². The first-order valence-electron chi connectivity index (χ1n) is 6.33. The lowest BCUT2D eigenvalue weighted by Crippen LogP contribution is -2.38. The summed E-state index contributed by atoms with van der Waals surface area (Å²) in [7, 11) is 0. The Morgan fingerprint density at radius 1 is 0.706 bits per heavy atom. The van der Waals surface area contributed by atoms with Gasteiger partial charge >= 0.3 is 0 Å². The van der Waals surface area contributed by atoms with Crippen LogP contribution in [0, 0.1) is 0 Å². The van der Waals surface area contributed by atoms with Crippen molar-refractivity contribution in [1.29, 1.82) is 0 Å². The van der Waals surface area contributed by atoms with Gasteiger partial charge in [-0.2, -0.15) is 0 Å². The van der Waals surface area contributed by atoms with Crippen LogP contribution in [0.25, 0.3) is 0 Å². The van der Waals surface area contributed by atoms with Crippen molar-refractivity contribution >= 4 is 0 Å². The molecule has 2 aromatic carbocycles. The normalized spacial score (nSPS) is 24.9. The van der Waals surface area contributed by atoms with Crippen molar-refractivity contribution in [2.75, 3.05) is 0 Å². The van der Waals surface area contributed by atoms with Crippen LogP contribution in [-0.4, -0.2) is 0 Å². The Labute approximate surface area is 101 Å². The Hall–Kier alpha value is -1.60. The quantitative estimate of drug-likeness (QED) is 0.720. The standard InChI is InChI=1S/C16H15N/c1-3-7-13-11(5-1)9-15-14-8-4-2-6-12(14)10-16(13)17-15/h1-8,15-17H,9-10H2. The summed E-state index contributed by atoms with van der Waals surface area (Å²) in [5.74, 6) is 0. The fourth-order valence-electron chi connectivity index (χ4n) is 3.32. The molecule has 0 aliphatic carbocycles. The topological polar surface area (TPSA) is 12.0 Å². The number of hydrogen-bond acceptors (Lipinski definition) is 1. The van der Waals surface area contributed by atoms with E-state index in [1.165, 1.54) is 22.3 Å². The van der Waals surface area contributed by atoms with Gasteiger partial charge in [-0.3, -0.25) is 0 Å². The highest BCUT2D eigenvalue weighted by Crippen LogP contribution is 2.39. The van der Waals surface area contributed by atoms with Gasteiger partial charge in [0.05, 0.1) is 0 Å². The van der Waals surface area contributed by atoms with Gasteiger partial charge in [0.1, 0.15) is 0 Å². The van der Waals surface area contributed by atoms with E-state index in [1.54, 1.807) is 0 Å². The monoisotopic (exact) mass is 221 g/mol. The van der Waals surface area contributed by atoms with Gasteiger partial charge in [-0.05, 0) is 35.1 Å². The summed E-state index contributed by atoms with van der Waals surface area (Å²) in [6.45, 7) is 0. The van der Waals surface area contributed by atoms with Crippen molar-refractivity contribution in [3.05, 3.63) is 70.8 Å². The highest BCUT2D eigenvalue weighted by atomic mass is 15.0. The van der Waals surface area contributed by atoms with Gasteiger partial charge in [0.25, 0.3) is 0 Å². The summed E-state index contributed by atoms with van der Waals surface area (Å²) in [5, 5.41) is 3.77. The van der Waals surface area contributed by atoms with Gasteiger partial charge in [0, 0.05) is 12.1 Å². The van der Waals surface area contributed by atoms with E-state index < -0.39 is 0 Å². The zero-order valence-electron chi connectivity index (χ0n) is 9.69. The Morgan fingerprint density at radius 2 is 1.18 bits per heavy atom. The summed E-state index contributed by atoms with van der Waals surface area (Å²) in [4.78, 5) is 0. The molecular weight excluding hydrogens is 206 g/mol. The van der Waals surface area contributed by atoms with Crippen molar-refractivity contribution in [3.8, 4) is 0 Å². The van der Waals surface area contributed by atoms with Crippen LogP contribution in [0.15, 0.2) is 48.5 Å². The molecular formula is C16H15N. The minimum atomic E-state index is 0.514. The molecule has 0 spiro atoms. The predicted molar refractivity (Wildman–Crippen MR) is 68.9 cm³/mol. The first-order valence-corrected chi connectivity index (χ1v) is 6.33. The first kappa shape index (κ1) is 9.43. The van der Waals surface area contributed by atoms with Crippen LogP contribution in [0.3, 0.4) is 0 Å². The van der Waals surface area contributed by atoms with E-state index in [0.29, 0.717) is 12.1 Å². The molecule has 0 fully saturated rings. The molecule has 0 saturated heterocycles. The van der Waals surface area contributed by atoms with Crippen molar-refractivity contribution in [1.82, 2.24) is 5.32 Å². The maximum absolute atomic E-state index is 3.77. The van der Waals surface area contributed by atoms with Gasteiger partial charge in [-0.1, -0.05) is 48.5 Å². The lowest BCUT2D eigenvalue weighted by Gasteiger charge is -2.39. The van der Waals surface area contributed by atoms with Gasteiger partial charge < -0.3 is 5.32 Å². The predicted octanol–water partition coefficient (Wildman–Crippen LogP) is 3.17. The van der Waals surface area contributed by atoms with Gasteiger partial charge in [0.15, 0.2) is 0 Å². The molecule has 0 aromatic heterocycles. The molecule has 4 rings (SSSR count). The Morgan fingerprint density at radius 3 is 1.71 bits per heavy atom. The summed E-state index contributed by atoms with van der Waals surface area (Å²) in [6.07, 6.45) is 2.26. The van der Waals surface area contributed by atoms with Crippen LogP contribution in [0.2, 0.25) is 0 Å². The smallest absolute Gasteiger partial charge is 0.0369 e. The maximum atomic E-state index is 3.77. The molecule has 0 saturated carbocycles. The van der Waals surface area contributed by atoms with Crippen LogP contribution in [-0.2, 0) is 12.8 Å². The van der Waals surface area contributed by atoms with Crippen molar-refractivity contribution in [3.63, 3.8) is 0 Å². The van der Waals surface area contributed by atoms with Gasteiger partial charge in [-0.15, -0.1) is 0 Å². The number of rotatable bonds is 0. The molecule has 17 heavy (non-hydrogen) atoms. The first-order chi connectivity index (χ1) is 8.42. The molecule has 2 aromatic rings. The number of benzene rings is 2. The minimum Gasteiger partial charge on any atom is -0.302 e. The second-order valence-electron chi connectivity index (χ2n) is 5.08. The second kappa shape index (κ2) is 3.44. The molecule has 2 heterocycles. The number of hydrogen-bond donors (Lipinski definition) is 1. The second-order valence-corrected chi connectivity index (χ2v) is 5.08. The van der Waals surface area contributed by atoms with Crippen LogP contribution in [0.1, 0.15) is 34.3 Å². The molecule has 2 bridgehead atoms. The zero-order valence-corrected chi connectivity index (χ0v) is 9.69. The number of nitrogens with one attached hydrogen (secondary N) is 1. The van der Waals surface area contributed by atoms with E-state index in [0.717, 1.165) is 12.8 Å². The lowest BCUT2D eigenvalue weighted by atomic mass is 9.78. The molecule has 1 nitrogen and oxygen atoms in total. The van der Waals surface area contributed by atoms with Crippen LogP contribution in [0.5, 0.6) is 0 Å².